The molecule has 1 heterocycles. The van der Waals surface area contributed by atoms with Gasteiger partial charge in [-0.1, -0.05) is 26.8 Å². The van der Waals surface area contributed by atoms with E-state index in [9.17, 15) is 9.18 Å². The third-order valence-electron chi connectivity index (χ3n) is 2.74. The summed E-state index contributed by atoms with van der Waals surface area (Å²) in [6, 6.07) is 6.13. The predicted molar refractivity (Wildman–Crippen MR) is 83.8 cm³/mol. The molecule has 110 valence electrons. The van der Waals surface area contributed by atoms with Gasteiger partial charge < -0.3 is 5.73 Å². The van der Waals surface area contributed by atoms with E-state index in [1.54, 1.807) is 30.2 Å². The van der Waals surface area contributed by atoms with Gasteiger partial charge in [0.25, 0.3) is 0 Å². The monoisotopic (exact) mass is 304 g/mol. The van der Waals surface area contributed by atoms with Crippen LogP contribution < -0.4 is 5.73 Å². The van der Waals surface area contributed by atoms with E-state index in [1.165, 1.54) is 6.07 Å². The maximum absolute atomic E-state index is 14.3. The zero-order valence-corrected chi connectivity index (χ0v) is 13.0. The van der Waals surface area contributed by atoms with Crippen LogP contribution in [0.15, 0.2) is 41.6 Å². The van der Waals surface area contributed by atoms with Crippen molar-refractivity contribution in [3.63, 3.8) is 0 Å². The number of rotatable bonds is 3. The highest BCUT2D eigenvalue weighted by atomic mass is 32.2. The minimum Gasteiger partial charge on any atom is -0.366 e. The van der Waals surface area contributed by atoms with Gasteiger partial charge in [-0.25, -0.2) is 4.39 Å². The van der Waals surface area contributed by atoms with Crippen LogP contribution in [0.3, 0.4) is 0 Å². The van der Waals surface area contributed by atoms with E-state index < -0.39 is 11.7 Å². The van der Waals surface area contributed by atoms with Crippen molar-refractivity contribution in [3.8, 4) is 11.1 Å². The number of thioether (sulfide) groups is 1. The summed E-state index contributed by atoms with van der Waals surface area (Å²) in [6.45, 7) is 6.28. The number of hydrogen-bond acceptors (Lipinski definition) is 3. The molecule has 21 heavy (non-hydrogen) atoms. The molecular weight excluding hydrogens is 287 g/mol. The molecule has 0 aliphatic carbocycles. The van der Waals surface area contributed by atoms with E-state index in [0.29, 0.717) is 11.1 Å². The van der Waals surface area contributed by atoms with E-state index in [-0.39, 0.29) is 10.3 Å². The van der Waals surface area contributed by atoms with Gasteiger partial charge in [-0.05, 0) is 18.2 Å². The maximum atomic E-state index is 14.3. The highest BCUT2D eigenvalue weighted by Gasteiger charge is 2.18. The van der Waals surface area contributed by atoms with E-state index in [1.807, 2.05) is 6.07 Å². The average Bonchev–Trinajstić information content (AvgIpc) is 2.37. The van der Waals surface area contributed by atoms with Gasteiger partial charge in [0, 0.05) is 38.7 Å². The summed E-state index contributed by atoms with van der Waals surface area (Å²) in [5.41, 5.74) is 6.45. The van der Waals surface area contributed by atoms with Crippen LogP contribution in [0.5, 0.6) is 0 Å². The van der Waals surface area contributed by atoms with Gasteiger partial charge >= 0.3 is 0 Å². The van der Waals surface area contributed by atoms with Crippen molar-refractivity contribution in [1.82, 2.24) is 4.98 Å². The SMILES string of the molecule is CC(C)(C)Sc1ccncc1-c1ccc(C(N)=O)cc1F. The Bertz CT molecular complexity index is 680. The van der Waals surface area contributed by atoms with Crippen LogP contribution in [0, 0.1) is 5.82 Å². The van der Waals surface area contributed by atoms with Crippen LogP contribution in [-0.2, 0) is 0 Å². The number of carbonyl (C=O) groups is 1. The van der Waals surface area contributed by atoms with Crippen LogP contribution in [-0.4, -0.2) is 15.6 Å². The molecule has 0 spiro atoms. The molecule has 0 saturated heterocycles. The quantitative estimate of drug-likeness (QED) is 0.876. The molecule has 0 fully saturated rings. The number of hydrogen-bond donors (Lipinski definition) is 1. The number of benzene rings is 1. The average molecular weight is 304 g/mol. The number of nitrogens with two attached hydrogens (primary N) is 1. The molecule has 0 radical (unpaired) electrons. The molecule has 0 saturated carbocycles. The first-order valence-corrected chi connectivity index (χ1v) is 7.32. The molecule has 1 amide bonds. The standard InChI is InChI=1S/C16H17FN2OS/c1-16(2,3)21-14-6-7-19-9-12(14)11-5-4-10(15(18)20)8-13(11)17/h4-9H,1-3H3,(H2,18,20). The maximum Gasteiger partial charge on any atom is 0.248 e. The minimum absolute atomic E-state index is 0.000253. The van der Waals surface area contributed by atoms with Crippen molar-refractivity contribution >= 4 is 17.7 Å². The Labute approximate surface area is 127 Å². The Hall–Kier alpha value is -1.88. The largest absolute Gasteiger partial charge is 0.366 e. The molecule has 0 aliphatic rings. The third kappa shape index (κ3) is 3.82. The van der Waals surface area contributed by atoms with Crippen molar-refractivity contribution < 1.29 is 9.18 Å². The Kier molecular flexibility index (Phi) is 4.32. The fraction of sp³-hybridized carbons (Fsp3) is 0.250. The summed E-state index contributed by atoms with van der Waals surface area (Å²) in [5.74, 6) is -1.12. The molecule has 1 aromatic carbocycles. The number of nitrogens with zero attached hydrogens (tertiary/aromatic N) is 1. The van der Waals surface area contributed by atoms with Gasteiger partial charge in [-0.3, -0.25) is 9.78 Å². The van der Waals surface area contributed by atoms with Crippen LogP contribution >= 0.6 is 11.8 Å². The summed E-state index contributed by atoms with van der Waals surface area (Å²) >= 11 is 1.64. The van der Waals surface area contributed by atoms with E-state index >= 15 is 0 Å². The predicted octanol–water partition coefficient (Wildman–Crippen LogP) is 3.88. The second kappa shape index (κ2) is 5.85. The lowest BCUT2D eigenvalue weighted by Gasteiger charge is -2.20. The first kappa shape index (κ1) is 15.5. The second-order valence-corrected chi connectivity index (χ2v) is 7.51. The van der Waals surface area contributed by atoms with Crippen molar-refractivity contribution in [1.29, 1.82) is 0 Å². The lowest BCUT2D eigenvalue weighted by Crippen LogP contribution is -2.11. The molecule has 0 aliphatic heterocycles. The van der Waals surface area contributed by atoms with Gasteiger partial charge in [0.2, 0.25) is 5.91 Å². The Morgan fingerprint density at radius 2 is 1.95 bits per heavy atom. The molecule has 0 atom stereocenters. The molecule has 2 N–H and O–H groups in total. The van der Waals surface area contributed by atoms with Gasteiger partial charge in [0.05, 0.1) is 0 Å². The summed E-state index contributed by atoms with van der Waals surface area (Å²) < 4.78 is 14.3. The molecule has 3 nitrogen and oxygen atoms in total. The molecule has 0 unspecified atom stereocenters. The summed E-state index contributed by atoms with van der Waals surface area (Å²) in [7, 11) is 0. The van der Waals surface area contributed by atoms with Crippen molar-refractivity contribution in [2.75, 3.05) is 0 Å². The highest BCUT2D eigenvalue weighted by molar-refractivity contribution is 8.00. The van der Waals surface area contributed by atoms with Crippen molar-refractivity contribution in [2.24, 2.45) is 5.73 Å². The van der Waals surface area contributed by atoms with Crippen LogP contribution in [0.2, 0.25) is 0 Å². The molecular formula is C16H17FN2OS. The topological polar surface area (TPSA) is 56.0 Å². The molecule has 2 aromatic rings. The number of amides is 1. The summed E-state index contributed by atoms with van der Waals surface area (Å²) in [5, 5.41) is 0. The van der Waals surface area contributed by atoms with Crippen LogP contribution in [0.4, 0.5) is 4.39 Å². The molecule has 5 heteroatoms. The van der Waals surface area contributed by atoms with E-state index in [0.717, 1.165) is 11.0 Å². The smallest absolute Gasteiger partial charge is 0.248 e. The lowest BCUT2D eigenvalue weighted by atomic mass is 10.0. The lowest BCUT2D eigenvalue weighted by molar-refractivity contribution is 0.1000. The first-order chi connectivity index (χ1) is 9.78. The number of aromatic nitrogens is 1. The summed E-state index contributed by atoms with van der Waals surface area (Å²) in [6.07, 6.45) is 3.32. The zero-order valence-electron chi connectivity index (χ0n) is 12.2. The number of carbonyl (C=O) groups excluding carboxylic acids is 1. The zero-order chi connectivity index (χ0) is 15.6. The Morgan fingerprint density at radius 1 is 1.24 bits per heavy atom. The Morgan fingerprint density at radius 3 is 2.52 bits per heavy atom. The van der Waals surface area contributed by atoms with Crippen molar-refractivity contribution in [2.45, 2.75) is 30.4 Å². The first-order valence-electron chi connectivity index (χ1n) is 6.51. The molecule has 2 rings (SSSR count). The molecule has 1 aromatic heterocycles. The van der Waals surface area contributed by atoms with Gasteiger partial charge in [-0.15, -0.1) is 11.8 Å². The van der Waals surface area contributed by atoms with Crippen LogP contribution in [0.25, 0.3) is 11.1 Å². The number of pyridine rings is 1. The second-order valence-electron chi connectivity index (χ2n) is 5.65. The third-order valence-corrected chi connectivity index (χ3v) is 3.93. The van der Waals surface area contributed by atoms with Crippen molar-refractivity contribution in [3.05, 3.63) is 48.0 Å². The number of primary amides is 1. The van der Waals surface area contributed by atoms with E-state index in [2.05, 4.69) is 25.8 Å². The Balaban J connectivity index is 2.50. The van der Waals surface area contributed by atoms with Gasteiger partial charge in [-0.2, -0.15) is 0 Å². The van der Waals surface area contributed by atoms with Gasteiger partial charge in [0.1, 0.15) is 5.82 Å². The summed E-state index contributed by atoms with van der Waals surface area (Å²) in [4.78, 5) is 16.1. The van der Waals surface area contributed by atoms with E-state index in [4.69, 9.17) is 5.73 Å². The highest BCUT2D eigenvalue weighted by Crippen LogP contribution is 2.38. The normalized spacial score (nSPS) is 11.4. The minimum atomic E-state index is -0.643. The molecule has 0 bridgehead atoms. The van der Waals surface area contributed by atoms with Gasteiger partial charge in [0.15, 0.2) is 0 Å². The van der Waals surface area contributed by atoms with Crippen LogP contribution in [0.1, 0.15) is 31.1 Å². The fourth-order valence-electron chi connectivity index (χ4n) is 1.89. The fourth-order valence-corrected chi connectivity index (χ4v) is 2.95. The number of halogens is 1.